The lowest BCUT2D eigenvalue weighted by molar-refractivity contribution is 0.372. The molecule has 0 atom stereocenters. The van der Waals surface area contributed by atoms with Crippen LogP contribution >= 0.6 is 0 Å². The first-order valence-corrected chi connectivity index (χ1v) is 8.89. The third kappa shape index (κ3) is 4.26. The van der Waals surface area contributed by atoms with Crippen molar-refractivity contribution in [1.82, 2.24) is 15.3 Å². The predicted molar refractivity (Wildman–Crippen MR) is 105 cm³/mol. The Kier molecular flexibility index (Phi) is 5.96. The Morgan fingerprint density at radius 1 is 1.19 bits per heavy atom. The fraction of sp³-hybridized carbons (Fsp3) is 0.350. The summed E-state index contributed by atoms with van der Waals surface area (Å²) in [6.45, 7) is 3.76. The zero-order valence-electron chi connectivity index (χ0n) is 15.2. The van der Waals surface area contributed by atoms with Gasteiger partial charge in [0.15, 0.2) is 0 Å². The molecule has 0 radical (unpaired) electrons. The van der Waals surface area contributed by atoms with Gasteiger partial charge >= 0.3 is 0 Å². The standard InChI is InChI=1S/C20H25N5O/c1-14(21)18(19(26-2)15-6-4-3-5-7-15)17-10-13-23-20(25-17)24-16-8-11-22-12-9-16/h3-7,10,13,16,21-22H,8-9,11-12H2,1-2H3,(H,23,24,25)/b19-18+,21-14?. The van der Waals surface area contributed by atoms with E-state index in [-0.39, 0.29) is 0 Å². The molecule has 1 aliphatic rings. The van der Waals surface area contributed by atoms with Crippen molar-refractivity contribution in [2.75, 3.05) is 25.5 Å². The van der Waals surface area contributed by atoms with Gasteiger partial charge in [0.1, 0.15) is 5.76 Å². The molecule has 1 saturated heterocycles. The highest BCUT2D eigenvalue weighted by atomic mass is 16.5. The van der Waals surface area contributed by atoms with Crippen LogP contribution in [0, 0.1) is 5.41 Å². The van der Waals surface area contributed by atoms with E-state index < -0.39 is 0 Å². The zero-order chi connectivity index (χ0) is 18.4. The minimum absolute atomic E-state index is 0.371. The molecule has 3 N–H and O–H groups in total. The molecule has 2 aromatic rings. The van der Waals surface area contributed by atoms with Gasteiger partial charge in [0.2, 0.25) is 5.95 Å². The van der Waals surface area contributed by atoms with Crippen LogP contribution in [0.1, 0.15) is 31.0 Å². The molecule has 3 rings (SSSR count). The van der Waals surface area contributed by atoms with Crippen LogP contribution in [0.2, 0.25) is 0 Å². The van der Waals surface area contributed by atoms with E-state index in [0.29, 0.717) is 34.7 Å². The molecule has 1 fully saturated rings. The number of nitrogens with one attached hydrogen (secondary N) is 3. The molecule has 6 heteroatoms. The van der Waals surface area contributed by atoms with Gasteiger partial charge < -0.3 is 20.8 Å². The van der Waals surface area contributed by atoms with Gasteiger partial charge in [-0.15, -0.1) is 0 Å². The molecule has 136 valence electrons. The molecule has 0 aliphatic carbocycles. The van der Waals surface area contributed by atoms with E-state index >= 15 is 0 Å². The lowest BCUT2D eigenvalue weighted by atomic mass is 10.0. The lowest BCUT2D eigenvalue weighted by Crippen LogP contribution is -2.35. The average molecular weight is 351 g/mol. The largest absolute Gasteiger partial charge is 0.495 e. The molecule has 0 unspecified atom stereocenters. The number of aromatic nitrogens is 2. The molecule has 6 nitrogen and oxygen atoms in total. The summed E-state index contributed by atoms with van der Waals surface area (Å²) in [5.74, 6) is 1.24. The Labute approximate surface area is 154 Å². The summed E-state index contributed by atoms with van der Waals surface area (Å²) in [5.41, 5.74) is 2.68. The van der Waals surface area contributed by atoms with Crippen LogP contribution in [0.4, 0.5) is 5.95 Å². The van der Waals surface area contributed by atoms with Crippen LogP contribution in [-0.2, 0) is 4.74 Å². The summed E-state index contributed by atoms with van der Waals surface area (Å²) >= 11 is 0. The smallest absolute Gasteiger partial charge is 0.223 e. The molecule has 0 spiro atoms. The third-order valence-electron chi connectivity index (χ3n) is 4.43. The highest BCUT2D eigenvalue weighted by Gasteiger charge is 2.18. The molecular weight excluding hydrogens is 326 g/mol. The van der Waals surface area contributed by atoms with Gasteiger partial charge in [0, 0.05) is 23.5 Å². The van der Waals surface area contributed by atoms with Crippen molar-refractivity contribution < 1.29 is 4.74 Å². The maximum Gasteiger partial charge on any atom is 0.223 e. The molecule has 0 amide bonds. The van der Waals surface area contributed by atoms with Crippen LogP contribution in [0.3, 0.4) is 0 Å². The maximum atomic E-state index is 8.27. The van der Waals surface area contributed by atoms with E-state index in [4.69, 9.17) is 10.1 Å². The van der Waals surface area contributed by atoms with E-state index in [1.807, 2.05) is 36.4 Å². The molecular formula is C20H25N5O. The molecule has 1 aromatic carbocycles. The fourth-order valence-corrected chi connectivity index (χ4v) is 3.15. The Balaban J connectivity index is 1.96. The van der Waals surface area contributed by atoms with Gasteiger partial charge in [-0.1, -0.05) is 30.3 Å². The SMILES string of the molecule is CO/C(=C(\C(C)=N)c1ccnc(NC2CCNCC2)n1)c1ccccc1. The van der Waals surface area contributed by atoms with Gasteiger partial charge in [-0.3, -0.25) is 0 Å². The quantitative estimate of drug-likeness (QED) is 0.550. The van der Waals surface area contributed by atoms with Crippen molar-refractivity contribution in [2.45, 2.75) is 25.8 Å². The first-order chi connectivity index (χ1) is 12.7. The summed E-state index contributed by atoms with van der Waals surface area (Å²) in [6, 6.07) is 12.0. The van der Waals surface area contributed by atoms with Crippen molar-refractivity contribution in [3.05, 3.63) is 53.9 Å². The number of allylic oxidation sites excluding steroid dienone is 1. The summed E-state index contributed by atoms with van der Waals surface area (Å²) in [7, 11) is 1.63. The van der Waals surface area contributed by atoms with E-state index in [9.17, 15) is 0 Å². The second-order valence-corrected chi connectivity index (χ2v) is 6.33. The number of rotatable bonds is 6. The van der Waals surface area contributed by atoms with E-state index in [1.165, 1.54) is 0 Å². The van der Waals surface area contributed by atoms with Gasteiger partial charge in [0.05, 0.1) is 18.4 Å². The number of hydrogen-bond donors (Lipinski definition) is 3. The minimum atomic E-state index is 0.371. The van der Waals surface area contributed by atoms with Crippen LogP contribution in [0.5, 0.6) is 0 Å². The Morgan fingerprint density at radius 2 is 1.92 bits per heavy atom. The van der Waals surface area contributed by atoms with Gasteiger partial charge in [-0.2, -0.15) is 0 Å². The van der Waals surface area contributed by atoms with Crippen LogP contribution in [0.15, 0.2) is 42.6 Å². The number of nitrogens with zero attached hydrogens (tertiary/aromatic N) is 2. The van der Waals surface area contributed by atoms with E-state index in [1.54, 1.807) is 20.2 Å². The average Bonchev–Trinajstić information content (AvgIpc) is 2.67. The molecule has 0 saturated carbocycles. The van der Waals surface area contributed by atoms with E-state index in [2.05, 4.69) is 20.6 Å². The van der Waals surface area contributed by atoms with E-state index in [0.717, 1.165) is 31.5 Å². The van der Waals surface area contributed by atoms with Crippen molar-refractivity contribution in [1.29, 1.82) is 5.41 Å². The number of hydrogen-bond acceptors (Lipinski definition) is 6. The van der Waals surface area contributed by atoms with Crippen LogP contribution < -0.4 is 10.6 Å². The highest BCUT2D eigenvalue weighted by molar-refractivity contribution is 6.26. The monoisotopic (exact) mass is 351 g/mol. The van der Waals surface area contributed by atoms with Gasteiger partial charge in [0.25, 0.3) is 0 Å². The van der Waals surface area contributed by atoms with Crippen molar-refractivity contribution in [2.24, 2.45) is 0 Å². The molecule has 1 aliphatic heterocycles. The molecule has 0 bridgehead atoms. The normalized spacial score (nSPS) is 15.9. The first kappa shape index (κ1) is 18.1. The predicted octanol–water partition coefficient (Wildman–Crippen LogP) is 3.19. The topological polar surface area (TPSA) is 82.9 Å². The minimum Gasteiger partial charge on any atom is -0.495 e. The van der Waals surface area contributed by atoms with Crippen LogP contribution in [0.25, 0.3) is 11.3 Å². The van der Waals surface area contributed by atoms with Crippen LogP contribution in [-0.4, -0.2) is 41.9 Å². The zero-order valence-corrected chi connectivity index (χ0v) is 15.2. The van der Waals surface area contributed by atoms with Crippen molar-refractivity contribution in [3.8, 4) is 0 Å². The number of ether oxygens (including phenoxy) is 1. The van der Waals surface area contributed by atoms with Crippen molar-refractivity contribution in [3.63, 3.8) is 0 Å². The second-order valence-electron chi connectivity index (χ2n) is 6.33. The van der Waals surface area contributed by atoms with Gasteiger partial charge in [-0.05, 0) is 38.9 Å². The maximum absolute atomic E-state index is 8.27. The summed E-state index contributed by atoms with van der Waals surface area (Å²) < 4.78 is 5.65. The number of piperidine rings is 1. The summed E-state index contributed by atoms with van der Waals surface area (Å²) in [6.07, 6.45) is 3.83. The Hall–Kier alpha value is -2.73. The Bertz CT molecular complexity index is 782. The molecule has 1 aromatic heterocycles. The second kappa shape index (κ2) is 8.58. The lowest BCUT2D eigenvalue weighted by Gasteiger charge is -2.23. The third-order valence-corrected chi connectivity index (χ3v) is 4.43. The fourth-order valence-electron chi connectivity index (χ4n) is 3.15. The number of methoxy groups -OCH3 is 1. The molecule has 26 heavy (non-hydrogen) atoms. The van der Waals surface area contributed by atoms with Crippen molar-refractivity contribution >= 4 is 23.0 Å². The summed E-state index contributed by atoms with van der Waals surface area (Å²) in [5, 5.41) is 15.0. The number of benzene rings is 1. The first-order valence-electron chi connectivity index (χ1n) is 8.89. The number of anilines is 1. The molecule has 2 heterocycles. The highest BCUT2D eigenvalue weighted by Crippen LogP contribution is 2.27. The van der Waals surface area contributed by atoms with Gasteiger partial charge in [-0.25, -0.2) is 9.97 Å². The summed E-state index contributed by atoms with van der Waals surface area (Å²) in [4.78, 5) is 9.02. The Morgan fingerprint density at radius 3 is 2.58 bits per heavy atom.